The Hall–Kier alpha value is -0.940. The Kier molecular flexibility index (Phi) is 4.22. The van der Waals surface area contributed by atoms with Crippen LogP contribution < -0.4 is 10.5 Å². The summed E-state index contributed by atoms with van der Waals surface area (Å²) < 4.78 is 27.3. The summed E-state index contributed by atoms with van der Waals surface area (Å²) in [5.41, 5.74) is 5.95. The number of anilines is 1. The van der Waals surface area contributed by atoms with Crippen molar-refractivity contribution >= 4 is 27.9 Å². The molecular weight excluding hydrogens is 226 g/mol. The van der Waals surface area contributed by atoms with Crippen molar-refractivity contribution in [2.75, 3.05) is 19.1 Å². The molecule has 0 amide bonds. The van der Waals surface area contributed by atoms with Crippen LogP contribution >= 0.6 is 12.4 Å². The second kappa shape index (κ2) is 4.52. The Morgan fingerprint density at radius 2 is 1.93 bits per heavy atom. The van der Waals surface area contributed by atoms with Crippen molar-refractivity contribution in [3.05, 3.63) is 18.2 Å². The molecule has 0 atom stereocenters. The molecule has 2 N–H and O–H groups in total. The van der Waals surface area contributed by atoms with E-state index >= 15 is 0 Å². The second-order valence-corrected chi connectivity index (χ2v) is 4.67. The van der Waals surface area contributed by atoms with Gasteiger partial charge in [0.25, 0.3) is 0 Å². The fourth-order valence-corrected chi connectivity index (χ4v) is 1.81. The predicted octanol–water partition coefficient (Wildman–Crippen LogP) is 1.10. The Balaban J connectivity index is 0.00000169. The average Bonchev–Trinajstić information content (AvgIpc) is 2.01. The number of nitrogen functional groups attached to an aromatic ring is 1. The molecule has 0 heterocycles. The van der Waals surface area contributed by atoms with Crippen molar-refractivity contribution in [3.63, 3.8) is 0 Å². The third-order valence-electron chi connectivity index (χ3n) is 1.59. The normalized spacial score (nSPS) is 10.4. The predicted molar refractivity (Wildman–Crippen MR) is 57.8 cm³/mol. The van der Waals surface area contributed by atoms with Crippen LogP contribution in [0.25, 0.3) is 0 Å². The number of ether oxygens (including phenoxy) is 1. The van der Waals surface area contributed by atoms with Crippen molar-refractivity contribution in [1.82, 2.24) is 0 Å². The van der Waals surface area contributed by atoms with Crippen LogP contribution in [0.1, 0.15) is 0 Å². The highest BCUT2D eigenvalue weighted by Crippen LogP contribution is 2.25. The highest BCUT2D eigenvalue weighted by Gasteiger charge is 2.13. The molecule has 80 valence electrons. The van der Waals surface area contributed by atoms with E-state index in [4.69, 9.17) is 10.5 Å². The number of sulfone groups is 1. The van der Waals surface area contributed by atoms with E-state index in [1.165, 1.54) is 25.3 Å². The zero-order valence-corrected chi connectivity index (χ0v) is 9.48. The van der Waals surface area contributed by atoms with Crippen LogP contribution in [0.3, 0.4) is 0 Å². The van der Waals surface area contributed by atoms with E-state index in [2.05, 4.69) is 0 Å². The number of nitrogens with two attached hydrogens (primary N) is 1. The summed E-state index contributed by atoms with van der Waals surface area (Å²) in [7, 11) is -1.84. The highest BCUT2D eigenvalue weighted by atomic mass is 35.5. The summed E-state index contributed by atoms with van der Waals surface area (Å²) in [5.74, 6) is 0.280. The molecule has 4 nitrogen and oxygen atoms in total. The fourth-order valence-electron chi connectivity index (χ4n) is 0.991. The van der Waals surface area contributed by atoms with Gasteiger partial charge in [-0.25, -0.2) is 8.42 Å². The Morgan fingerprint density at radius 1 is 1.36 bits per heavy atom. The topological polar surface area (TPSA) is 69.4 Å². The molecule has 0 fully saturated rings. The SMILES string of the molecule is COc1cc(N)ccc1S(C)(=O)=O.Cl. The fraction of sp³-hybridized carbons (Fsp3) is 0.250. The van der Waals surface area contributed by atoms with Crippen molar-refractivity contribution < 1.29 is 13.2 Å². The first-order valence-electron chi connectivity index (χ1n) is 3.58. The summed E-state index contributed by atoms with van der Waals surface area (Å²) in [6, 6.07) is 4.44. The zero-order chi connectivity index (χ0) is 10.1. The van der Waals surface area contributed by atoms with Gasteiger partial charge in [-0.05, 0) is 12.1 Å². The summed E-state index contributed by atoms with van der Waals surface area (Å²) >= 11 is 0. The molecule has 0 aliphatic carbocycles. The van der Waals surface area contributed by atoms with Crippen LogP contribution in [0.5, 0.6) is 5.75 Å². The van der Waals surface area contributed by atoms with E-state index in [-0.39, 0.29) is 23.1 Å². The van der Waals surface area contributed by atoms with Crippen molar-refractivity contribution in [1.29, 1.82) is 0 Å². The molecule has 0 aliphatic rings. The summed E-state index contributed by atoms with van der Waals surface area (Å²) in [4.78, 5) is 0.157. The van der Waals surface area contributed by atoms with E-state index in [0.29, 0.717) is 5.69 Å². The lowest BCUT2D eigenvalue weighted by Gasteiger charge is -2.06. The van der Waals surface area contributed by atoms with Gasteiger partial charge in [-0.1, -0.05) is 0 Å². The minimum atomic E-state index is -3.24. The first-order valence-corrected chi connectivity index (χ1v) is 5.48. The minimum absolute atomic E-state index is 0. The first-order chi connectivity index (χ1) is 5.95. The Bertz CT molecular complexity index is 417. The molecule has 0 aliphatic heterocycles. The van der Waals surface area contributed by atoms with Gasteiger partial charge in [0.1, 0.15) is 10.6 Å². The highest BCUT2D eigenvalue weighted by molar-refractivity contribution is 7.90. The van der Waals surface area contributed by atoms with Gasteiger partial charge in [0.05, 0.1) is 7.11 Å². The molecule has 0 aromatic heterocycles. The van der Waals surface area contributed by atoms with Crippen molar-refractivity contribution in [2.45, 2.75) is 4.90 Å². The van der Waals surface area contributed by atoms with Gasteiger partial charge in [0.15, 0.2) is 9.84 Å². The molecule has 1 rings (SSSR count). The lowest BCUT2D eigenvalue weighted by molar-refractivity contribution is 0.403. The molecule has 0 saturated heterocycles. The van der Waals surface area contributed by atoms with Crippen molar-refractivity contribution in [3.8, 4) is 5.75 Å². The third kappa shape index (κ3) is 2.78. The van der Waals surface area contributed by atoms with Crippen LogP contribution in [-0.2, 0) is 9.84 Å². The molecule has 0 spiro atoms. The van der Waals surface area contributed by atoms with Crippen molar-refractivity contribution in [2.24, 2.45) is 0 Å². The molecule has 1 aromatic carbocycles. The van der Waals surface area contributed by atoms with Gasteiger partial charge in [-0.3, -0.25) is 0 Å². The standard InChI is InChI=1S/C8H11NO3S.ClH/c1-12-7-5-6(9)3-4-8(7)13(2,10)11;/h3-5H,9H2,1-2H3;1H. The number of hydrogen-bond acceptors (Lipinski definition) is 4. The van der Waals surface area contributed by atoms with Crippen LogP contribution in [-0.4, -0.2) is 21.8 Å². The molecule has 14 heavy (non-hydrogen) atoms. The second-order valence-electron chi connectivity index (χ2n) is 2.68. The van der Waals surface area contributed by atoms with Gasteiger partial charge in [0.2, 0.25) is 0 Å². The molecular formula is C8H12ClNO3S. The lowest BCUT2D eigenvalue weighted by atomic mass is 10.3. The number of halogens is 1. The van der Waals surface area contributed by atoms with E-state index < -0.39 is 9.84 Å². The zero-order valence-electron chi connectivity index (χ0n) is 7.85. The van der Waals surface area contributed by atoms with Crippen LogP contribution in [0.2, 0.25) is 0 Å². The molecule has 1 aromatic rings. The molecule has 6 heteroatoms. The van der Waals surface area contributed by atoms with Crippen LogP contribution in [0.15, 0.2) is 23.1 Å². The molecule has 0 radical (unpaired) electrons. The summed E-state index contributed by atoms with van der Waals surface area (Å²) in [5, 5.41) is 0. The number of methoxy groups -OCH3 is 1. The maximum atomic E-state index is 11.2. The summed E-state index contributed by atoms with van der Waals surface area (Å²) in [6.45, 7) is 0. The first kappa shape index (κ1) is 13.1. The minimum Gasteiger partial charge on any atom is -0.495 e. The third-order valence-corrected chi connectivity index (χ3v) is 2.72. The lowest BCUT2D eigenvalue weighted by Crippen LogP contribution is -2.01. The molecule has 0 bridgehead atoms. The smallest absolute Gasteiger partial charge is 0.179 e. The Morgan fingerprint density at radius 3 is 2.36 bits per heavy atom. The van der Waals surface area contributed by atoms with Gasteiger partial charge < -0.3 is 10.5 Å². The summed E-state index contributed by atoms with van der Waals surface area (Å²) in [6.07, 6.45) is 1.13. The van der Waals surface area contributed by atoms with E-state index in [9.17, 15) is 8.42 Å². The number of benzene rings is 1. The van der Waals surface area contributed by atoms with E-state index in [1.807, 2.05) is 0 Å². The van der Waals surface area contributed by atoms with Gasteiger partial charge in [-0.15, -0.1) is 12.4 Å². The number of rotatable bonds is 2. The number of hydrogen-bond donors (Lipinski definition) is 1. The van der Waals surface area contributed by atoms with E-state index in [1.54, 1.807) is 0 Å². The molecule has 0 unspecified atom stereocenters. The maximum Gasteiger partial charge on any atom is 0.179 e. The maximum absolute atomic E-state index is 11.2. The largest absolute Gasteiger partial charge is 0.495 e. The van der Waals surface area contributed by atoms with Gasteiger partial charge in [-0.2, -0.15) is 0 Å². The Labute approximate surface area is 89.4 Å². The van der Waals surface area contributed by atoms with E-state index in [0.717, 1.165) is 6.26 Å². The average molecular weight is 238 g/mol. The van der Waals surface area contributed by atoms with Gasteiger partial charge in [0, 0.05) is 18.0 Å². The van der Waals surface area contributed by atoms with Gasteiger partial charge >= 0.3 is 0 Å². The van der Waals surface area contributed by atoms with Crippen LogP contribution in [0.4, 0.5) is 5.69 Å². The monoisotopic (exact) mass is 237 g/mol. The quantitative estimate of drug-likeness (QED) is 0.783. The molecule has 0 saturated carbocycles. The van der Waals surface area contributed by atoms with Crippen LogP contribution in [0, 0.1) is 0 Å².